The van der Waals surface area contributed by atoms with E-state index in [0.29, 0.717) is 17.3 Å². The maximum absolute atomic E-state index is 12.6. The van der Waals surface area contributed by atoms with Gasteiger partial charge in [-0.3, -0.25) is 9.59 Å². The monoisotopic (exact) mass is 315 g/mol. The van der Waals surface area contributed by atoms with Gasteiger partial charge in [0.05, 0.1) is 18.0 Å². The van der Waals surface area contributed by atoms with Crippen LogP contribution in [0.4, 0.5) is 0 Å². The number of rotatable bonds is 6. The maximum Gasteiger partial charge on any atom is 0.267 e. The second-order valence-corrected chi connectivity index (χ2v) is 4.94. The highest BCUT2D eigenvalue weighted by atomic mass is 16.3. The summed E-state index contributed by atoms with van der Waals surface area (Å²) in [5.74, 6) is -1.07. The van der Waals surface area contributed by atoms with Crippen LogP contribution >= 0.6 is 0 Å². The first kappa shape index (κ1) is 16.5. The van der Waals surface area contributed by atoms with E-state index in [1.165, 1.54) is 4.57 Å². The molecule has 0 spiro atoms. The van der Waals surface area contributed by atoms with Crippen molar-refractivity contribution >= 4 is 16.8 Å². The van der Waals surface area contributed by atoms with Crippen molar-refractivity contribution in [2.75, 3.05) is 13.2 Å². The van der Waals surface area contributed by atoms with E-state index in [0.717, 1.165) is 0 Å². The average Bonchev–Trinajstić information content (AvgIpc) is 2.55. The lowest BCUT2D eigenvalue weighted by Gasteiger charge is -2.14. The topological polar surface area (TPSA) is 115 Å². The molecule has 0 saturated heterocycles. The second-order valence-electron chi connectivity index (χ2n) is 4.94. The number of aromatic nitrogens is 1. The van der Waals surface area contributed by atoms with Crippen molar-refractivity contribution in [1.29, 1.82) is 5.26 Å². The van der Waals surface area contributed by atoms with E-state index < -0.39 is 11.5 Å². The molecule has 3 N–H and O–H groups in total. The Balaban J connectivity index is 2.58. The van der Waals surface area contributed by atoms with Crippen LogP contribution < -0.4 is 10.9 Å². The molecule has 120 valence electrons. The summed E-state index contributed by atoms with van der Waals surface area (Å²) in [6.45, 7) is 0.239. The molecule has 1 heterocycles. The summed E-state index contributed by atoms with van der Waals surface area (Å²) in [4.78, 5) is 24.8. The van der Waals surface area contributed by atoms with Crippen LogP contribution in [-0.2, 0) is 6.54 Å². The molecule has 0 atom stereocenters. The summed E-state index contributed by atoms with van der Waals surface area (Å²) < 4.78 is 1.32. The van der Waals surface area contributed by atoms with Gasteiger partial charge in [-0.05, 0) is 18.6 Å². The molecule has 7 nitrogen and oxygen atoms in total. The molecular formula is C16H17N3O4. The molecule has 2 aromatic rings. The number of aliphatic hydroxyl groups excluding tert-OH is 1. The number of nitriles is 1. The number of para-hydroxylation sites is 1. The number of aromatic hydroxyl groups is 1. The maximum atomic E-state index is 12.6. The second kappa shape index (κ2) is 7.42. The van der Waals surface area contributed by atoms with E-state index in [-0.39, 0.29) is 37.4 Å². The Bertz CT molecular complexity index is 820. The first-order valence-electron chi connectivity index (χ1n) is 7.22. The number of benzene rings is 1. The summed E-state index contributed by atoms with van der Waals surface area (Å²) in [5.41, 5.74) is -0.519. The van der Waals surface area contributed by atoms with Crippen molar-refractivity contribution < 1.29 is 15.0 Å². The van der Waals surface area contributed by atoms with Gasteiger partial charge in [0.15, 0.2) is 0 Å². The minimum atomic E-state index is -0.697. The number of aryl methyl sites for hydroxylation is 1. The Kier molecular flexibility index (Phi) is 5.33. The Morgan fingerprint density at radius 1 is 1.35 bits per heavy atom. The smallest absolute Gasteiger partial charge is 0.267 e. The lowest BCUT2D eigenvalue weighted by molar-refractivity contribution is 0.0946. The van der Waals surface area contributed by atoms with Crippen molar-refractivity contribution in [2.45, 2.75) is 19.4 Å². The van der Waals surface area contributed by atoms with E-state index in [9.17, 15) is 14.7 Å². The number of carbonyl (C=O) groups excluding carboxylic acids is 1. The number of aliphatic hydroxyl groups is 1. The van der Waals surface area contributed by atoms with Crippen LogP contribution in [0.3, 0.4) is 0 Å². The Morgan fingerprint density at radius 3 is 2.78 bits per heavy atom. The lowest BCUT2D eigenvalue weighted by Crippen LogP contribution is -2.34. The standard InChI is InChI=1S/C16H17N3O4/c17-7-3-9-19-12-6-2-1-5-11(12)14(21)13(16(19)23)15(22)18-8-4-10-20/h1-2,5-6,20-21H,3-4,8-10H2,(H,18,22). The molecule has 0 fully saturated rings. The Morgan fingerprint density at radius 2 is 2.09 bits per heavy atom. The van der Waals surface area contributed by atoms with E-state index in [2.05, 4.69) is 5.32 Å². The molecule has 1 aromatic carbocycles. The number of amides is 1. The molecule has 0 saturated carbocycles. The number of hydrogen-bond donors (Lipinski definition) is 3. The molecule has 1 amide bonds. The zero-order valence-electron chi connectivity index (χ0n) is 12.5. The average molecular weight is 315 g/mol. The van der Waals surface area contributed by atoms with Gasteiger partial charge >= 0.3 is 0 Å². The van der Waals surface area contributed by atoms with Crippen LogP contribution in [0.5, 0.6) is 5.75 Å². The predicted molar refractivity (Wildman–Crippen MR) is 84.1 cm³/mol. The van der Waals surface area contributed by atoms with Crippen LogP contribution in [0.2, 0.25) is 0 Å². The molecule has 1 aromatic heterocycles. The third-order valence-electron chi connectivity index (χ3n) is 3.44. The van der Waals surface area contributed by atoms with Gasteiger partial charge in [-0.1, -0.05) is 12.1 Å². The third-order valence-corrected chi connectivity index (χ3v) is 3.44. The molecule has 23 heavy (non-hydrogen) atoms. The minimum Gasteiger partial charge on any atom is -0.506 e. The highest BCUT2D eigenvalue weighted by molar-refractivity contribution is 6.02. The van der Waals surface area contributed by atoms with Gasteiger partial charge in [-0.2, -0.15) is 5.26 Å². The minimum absolute atomic E-state index is 0.0869. The fourth-order valence-corrected chi connectivity index (χ4v) is 2.35. The summed E-state index contributed by atoms with van der Waals surface area (Å²) in [6.07, 6.45) is 0.461. The number of nitrogens with zero attached hydrogens (tertiary/aromatic N) is 2. The van der Waals surface area contributed by atoms with Crippen molar-refractivity contribution in [1.82, 2.24) is 9.88 Å². The number of nitrogens with one attached hydrogen (secondary N) is 1. The van der Waals surface area contributed by atoms with Gasteiger partial charge in [-0.15, -0.1) is 0 Å². The molecule has 2 rings (SSSR count). The largest absolute Gasteiger partial charge is 0.506 e. The van der Waals surface area contributed by atoms with Crippen molar-refractivity contribution in [3.63, 3.8) is 0 Å². The first-order chi connectivity index (χ1) is 11.1. The van der Waals surface area contributed by atoms with Crippen molar-refractivity contribution in [3.05, 3.63) is 40.2 Å². The molecule has 0 aliphatic rings. The van der Waals surface area contributed by atoms with Crippen molar-refractivity contribution in [3.8, 4) is 11.8 Å². The zero-order chi connectivity index (χ0) is 16.8. The summed E-state index contributed by atoms with van der Waals surface area (Å²) in [7, 11) is 0. The highest BCUT2D eigenvalue weighted by Gasteiger charge is 2.21. The van der Waals surface area contributed by atoms with Crippen LogP contribution in [0, 0.1) is 11.3 Å². The Hall–Kier alpha value is -2.85. The molecule has 0 aliphatic carbocycles. The van der Waals surface area contributed by atoms with Gasteiger partial charge in [-0.25, -0.2) is 0 Å². The summed E-state index contributed by atoms with van der Waals surface area (Å²) in [6, 6.07) is 8.63. The molecule has 0 bridgehead atoms. The fraction of sp³-hybridized carbons (Fsp3) is 0.312. The summed E-state index contributed by atoms with van der Waals surface area (Å²) >= 11 is 0. The third kappa shape index (κ3) is 3.33. The number of pyridine rings is 1. The zero-order valence-corrected chi connectivity index (χ0v) is 12.5. The lowest BCUT2D eigenvalue weighted by atomic mass is 10.1. The Labute approximate surface area is 132 Å². The predicted octanol–water partition coefficient (Wildman–Crippen LogP) is 0.733. The number of hydrogen-bond acceptors (Lipinski definition) is 5. The molecule has 7 heteroatoms. The van der Waals surface area contributed by atoms with Crippen LogP contribution in [0.1, 0.15) is 23.2 Å². The highest BCUT2D eigenvalue weighted by Crippen LogP contribution is 2.26. The van der Waals surface area contributed by atoms with Gasteiger partial charge in [0.25, 0.3) is 11.5 Å². The summed E-state index contributed by atoms with van der Waals surface area (Å²) in [5, 5.41) is 30.7. The van der Waals surface area contributed by atoms with E-state index in [4.69, 9.17) is 10.4 Å². The first-order valence-corrected chi connectivity index (χ1v) is 7.22. The van der Waals surface area contributed by atoms with E-state index in [1.807, 2.05) is 6.07 Å². The van der Waals surface area contributed by atoms with Gasteiger partial charge < -0.3 is 20.1 Å². The normalized spacial score (nSPS) is 10.4. The van der Waals surface area contributed by atoms with E-state index >= 15 is 0 Å². The molecule has 0 aliphatic heterocycles. The van der Waals surface area contributed by atoms with Gasteiger partial charge in [0.1, 0.15) is 11.3 Å². The number of fused-ring (bicyclic) bond motifs is 1. The van der Waals surface area contributed by atoms with Crippen LogP contribution in [-0.4, -0.2) is 33.8 Å². The molecule has 0 radical (unpaired) electrons. The van der Waals surface area contributed by atoms with Crippen molar-refractivity contribution in [2.24, 2.45) is 0 Å². The van der Waals surface area contributed by atoms with Crippen LogP contribution in [0.15, 0.2) is 29.1 Å². The fourth-order valence-electron chi connectivity index (χ4n) is 2.35. The molecular weight excluding hydrogens is 298 g/mol. The van der Waals surface area contributed by atoms with Crippen LogP contribution in [0.25, 0.3) is 10.9 Å². The van der Waals surface area contributed by atoms with Gasteiger partial charge in [0, 0.05) is 25.1 Å². The molecule has 0 unspecified atom stereocenters. The quantitative estimate of drug-likeness (QED) is 0.680. The van der Waals surface area contributed by atoms with E-state index in [1.54, 1.807) is 24.3 Å². The SMILES string of the molecule is N#CCCn1c(=O)c(C(=O)NCCCO)c(O)c2ccccc21. The number of carbonyl (C=O) groups is 1. The van der Waals surface area contributed by atoms with Gasteiger partial charge in [0.2, 0.25) is 0 Å².